The number of rotatable bonds is 5. The van der Waals surface area contributed by atoms with E-state index in [9.17, 15) is 4.79 Å². The Bertz CT molecular complexity index is 319. The Morgan fingerprint density at radius 2 is 1.87 bits per heavy atom. The quantitative estimate of drug-likeness (QED) is 0.706. The Morgan fingerprint density at radius 1 is 1.22 bits per heavy atom. The molecule has 1 heterocycles. The summed E-state index contributed by atoms with van der Waals surface area (Å²) >= 11 is 0. The highest BCUT2D eigenvalue weighted by Crippen LogP contribution is 2.35. The van der Waals surface area contributed by atoms with Crippen molar-refractivity contribution in [3.63, 3.8) is 0 Å². The number of methoxy groups -OCH3 is 1. The number of carbonyl (C=O) groups excluding carboxylic acids is 1. The lowest BCUT2D eigenvalue weighted by molar-refractivity contribution is -0.154. The van der Waals surface area contributed by atoms with Gasteiger partial charge in [-0.1, -0.05) is 65.7 Å². The number of carbonyl (C=O) groups is 1. The molecule has 1 atom stereocenters. The molecule has 1 aliphatic carbocycles. The second-order valence-corrected chi connectivity index (χ2v) is 8.18. The van der Waals surface area contributed by atoms with E-state index < -0.39 is 0 Å². The van der Waals surface area contributed by atoms with E-state index in [-0.39, 0.29) is 12.8 Å². The molecule has 0 aromatic carbocycles. The van der Waals surface area contributed by atoms with Gasteiger partial charge in [-0.05, 0) is 37.6 Å². The van der Waals surface area contributed by atoms with E-state index in [0.29, 0.717) is 0 Å². The first-order valence-corrected chi connectivity index (χ1v) is 9.79. The summed E-state index contributed by atoms with van der Waals surface area (Å²) in [5.74, 6) is 1.75. The zero-order valence-corrected chi connectivity index (χ0v) is 16.0. The Kier molecular flexibility index (Phi) is 9.85. The molecule has 3 heteroatoms. The summed E-state index contributed by atoms with van der Waals surface area (Å²) in [5, 5.41) is 3.38. The van der Waals surface area contributed by atoms with Gasteiger partial charge in [-0.2, -0.15) is 0 Å². The first kappa shape index (κ1) is 20.5. The highest BCUT2D eigenvalue weighted by molar-refractivity contribution is 5.77. The topological polar surface area (TPSA) is 38.3 Å². The summed E-state index contributed by atoms with van der Waals surface area (Å²) < 4.78 is 5.06. The molecule has 1 saturated heterocycles. The highest BCUT2D eigenvalue weighted by Gasteiger charge is 2.40. The molecule has 0 aromatic heterocycles. The van der Waals surface area contributed by atoms with Gasteiger partial charge >= 0.3 is 5.97 Å². The normalized spacial score (nSPS) is 25.6. The molecular formula is C20H41NO2. The molecule has 0 bridgehead atoms. The molecule has 0 unspecified atom stereocenters. The van der Waals surface area contributed by atoms with Crippen molar-refractivity contribution in [3.05, 3.63) is 0 Å². The number of esters is 1. The maximum atomic E-state index is 12.1. The molecular weight excluding hydrogens is 286 g/mol. The van der Waals surface area contributed by atoms with Crippen molar-refractivity contribution in [1.82, 2.24) is 5.32 Å². The average Bonchev–Trinajstić information content (AvgIpc) is 2.55. The van der Waals surface area contributed by atoms with Gasteiger partial charge in [0.25, 0.3) is 0 Å². The molecule has 0 aromatic rings. The molecule has 1 aliphatic heterocycles. The highest BCUT2D eigenvalue weighted by atomic mass is 16.5. The molecule has 0 amide bonds. The molecule has 2 aliphatic rings. The van der Waals surface area contributed by atoms with Crippen molar-refractivity contribution in [2.24, 2.45) is 17.3 Å². The Labute approximate surface area is 145 Å². The summed E-state index contributed by atoms with van der Waals surface area (Å²) in [6, 6.07) is 0. The van der Waals surface area contributed by atoms with Crippen LogP contribution in [0.25, 0.3) is 0 Å². The molecule has 23 heavy (non-hydrogen) atoms. The van der Waals surface area contributed by atoms with E-state index in [1.54, 1.807) is 0 Å². The van der Waals surface area contributed by atoms with E-state index in [0.717, 1.165) is 44.2 Å². The van der Waals surface area contributed by atoms with Gasteiger partial charge in [0.15, 0.2) is 0 Å². The fourth-order valence-electron chi connectivity index (χ4n) is 3.88. The van der Waals surface area contributed by atoms with E-state index in [4.69, 9.17) is 4.74 Å². The van der Waals surface area contributed by atoms with Gasteiger partial charge in [0.05, 0.1) is 12.5 Å². The minimum Gasteiger partial charge on any atom is -0.469 e. The monoisotopic (exact) mass is 327 g/mol. The van der Waals surface area contributed by atoms with Crippen molar-refractivity contribution in [2.45, 2.75) is 85.0 Å². The zero-order chi connectivity index (χ0) is 17.1. The second kappa shape index (κ2) is 11.1. The van der Waals surface area contributed by atoms with E-state index in [2.05, 4.69) is 26.1 Å². The molecule has 3 nitrogen and oxygen atoms in total. The Hall–Kier alpha value is -0.570. The van der Waals surface area contributed by atoms with Crippen molar-refractivity contribution >= 4 is 5.97 Å². The lowest BCUT2D eigenvalue weighted by Gasteiger charge is -2.35. The zero-order valence-electron chi connectivity index (χ0n) is 16.0. The molecule has 2 fully saturated rings. The predicted molar refractivity (Wildman–Crippen MR) is 99.6 cm³/mol. The summed E-state index contributed by atoms with van der Waals surface area (Å²) in [6.45, 7) is 8.35. The maximum Gasteiger partial charge on any atom is 0.313 e. The van der Waals surface area contributed by atoms with Crippen LogP contribution in [-0.4, -0.2) is 26.2 Å². The first-order valence-electron chi connectivity index (χ1n) is 9.79. The van der Waals surface area contributed by atoms with Crippen LogP contribution in [0.3, 0.4) is 0 Å². The fraction of sp³-hybridized carbons (Fsp3) is 0.950. The Morgan fingerprint density at radius 3 is 2.39 bits per heavy atom. The standard InChI is InChI=1S/C16H29NO2.C4H10.H2/c1-19-15(18)16(11-6-12-17-13-16)10-5-9-14-7-3-2-4-8-14;1-4(2)3;/h14,17H,2-13H2,1H3;4H,1-3H3;1H/t16-;;/m1../s1. The minimum absolute atomic E-state index is 0. The molecule has 2 rings (SSSR count). The number of piperidine rings is 1. The van der Waals surface area contributed by atoms with Gasteiger partial charge in [0.1, 0.15) is 0 Å². The lowest BCUT2D eigenvalue weighted by atomic mass is 9.75. The third-order valence-corrected chi connectivity index (χ3v) is 5.08. The lowest BCUT2D eigenvalue weighted by Crippen LogP contribution is -2.46. The predicted octanol–water partition coefficient (Wildman–Crippen LogP) is 5.19. The molecule has 1 saturated carbocycles. The van der Waals surface area contributed by atoms with E-state index in [1.807, 2.05) is 0 Å². The van der Waals surface area contributed by atoms with Crippen LogP contribution in [-0.2, 0) is 9.53 Å². The summed E-state index contributed by atoms with van der Waals surface area (Å²) in [4.78, 5) is 12.1. The number of ether oxygens (including phenoxy) is 1. The third kappa shape index (κ3) is 7.69. The summed E-state index contributed by atoms with van der Waals surface area (Å²) in [7, 11) is 1.53. The van der Waals surface area contributed by atoms with Crippen LogP contribution in [0.5, 0.6) is 0 Å². The number of hydrogen-bond acceptors (Lipinski definition) is 3. The van der Waals surface area contributed by atoms with Gasteiger partial charge in [-0.15, -0.1) is 0 Å². The SMILES string of the molecule is CC(C)C.COC(=O)[C@]1(CCCC2CCCCC2)CCCNC1.[HH]. The fourth-order valence-corrected chi connectivity index (χ4v) is 3.88. The van der Waals surface area contributed by atoms with Crippen LogP contribution in [0, 0.1) is 17.3 Å². The average molecular weight is 328 g/mol. The van der Waals surface area contributed by atoms with Crippen molar-refractivity contribution < 1.29 is 11.0 Å². The largest absolute Gasteiger partial charge is 0.469 e. The van der Waals surface area contributed by atoms with Gasteiger partial charge in [0.2, 0.25) is 0 Å². The van der Waals surface area contributed by atoms with Crippen LogP contribution >= 0.6 is 0 Å². The molecule has 138 valence electrons. The van der Waals surface area contributed by atoms with Crippen LogP contribution in [0.4, 0.5) is 0 Å². The number of nitrogens with one attached hydrogen (secondary N) is 1. The first-order chi connectivity index (χ1) is 11.0. The van der Waals surface area contributed by atoms with Crippen LogP contribution in [0.2, 0.25) is 0 Å². The maximum absolute atomic E-state index is 12.1. The van der Waals surface area contributed by atoms with Crippen molar-refractivity contribution in [2.75, 3.05) is 20.2 Å². The van der Waals surface area contributed by atoms with Crippen molar-refractivity contribution in [3.8, 4) is 0 Å². The number of hydrogen-bond donors (Lipinski definition) is 1. The minimum atomic E-state index is -0.234. The van der Waals surface area contributed by atoms with Gasteiger partial charge in [0, 0.05) is 7.97 Å². The van der Waals surface area contributed by atoms with Crippen LogP contribution in [0.1, 0.15) is 86.4 Å². The summed E-state index contributed by atoms with van der Waals surface area (Å²) in [6.07, 6.45) is 12.6. The van der Waals surface area contributed by atoms with E-state index >= 15 is 0 Å². The van der Waals surface area contributed by atoms with Crippen molar-refractivity contribution in [1.29, 1.82) is 0 Å². The van der Waals surface area contributed by atoms with Crippen LogP contribution < -0.4 is 5.32 Å². The molecule has 1 N–H and O–H groups in total. The third-order valence-electron chi connectivity index (χ3n) is 5.08. The van der Waals surface area contributed by atoms with Crippen LogP contribution in [0.15, 0.2) is 0 Å². The van der Waals surface area contributed by atoms with Gasteiger partial charge in [-0.25, -0.2) is 0 Å². The molecule has 0 spiro atoms. The van der Waals surface area contributed by atoms with Gasteiger partial charge < -0.3 is 10.1 Å². The second-order valence-electron chi connectivity index (χ2n) is 8.18. The van der Waals surface area contributed by atoms with E-state index in [1.165, 1.54) is 52.1 Å². The smallest absolute Gasteiger partial charge is 0.313 e. The summed E-state index contributed by atoms with van der Waals surface area (Å²) in [5.41, 5.74) is -0.234. The Balaban J connectivity index is 0.000000954. The molecule has 0 radical (unpaired) electrons. The van der Waals surface area contributed by atoms with Gasteiger partial charge in [-0.3, -0.25) is 4.79 Å².